The molecule has 76 valence electrons. The maximum Gasteiger partial charge on any atom is 0.0959 e. The Labute approximate surface area is 89.9 Å². The minimum absolute atomic E-state index is 0.616. The molecular weight excluding hydrogens is 196 g/mol. The number of rotatable bonds is 1. The maximum absolute atomic E-state index is 5.86. The van der Waals surface area contributed by atoms with Gasteiger partial charge in [-0.15, -0.1) is 0 Å². The Morgan fingerprint density at radius 1 is 1.36 bits per heavy atom. The molecule has 0 spiro atoms. The van der Waals surface area contributed by atoms with Crippen molar-refractivity contribution in [2.45, 2.75) is 13.0 Å². The van der Waals surface area contributed by atoms with Crippen LogP contribution in [0.2, 0.25) is 5.02 Å². The third-order valence-corrected chi connectivity index (χ3v) is 3.02. The highest BCUT2D eigenvalue weighted by Gasteiger charge is 2.20. The van der Waals surface area contributed by atoms with Gasteiger partial charge in [-0.2, -0.15) is 0 Å². The van der Waals surface area contributed by atoms with E-state index in [0.717, 1.165) is 11.6 Å². The Morgan fingerprint density at radius 2 is 2.07 bits per heavy atom. The summed E-state index contributed by atoms with van der Waals surface area (Å²) in [6, 6.07) is 8.74. The molecule has 2 nitrogen and oxygen atoms in total. The predicted molar refractivity (Wildman–Crippen MR) is 59.9 cm³/mol. The molecule has 3 heteroatoms. The first-order chi connectivity index (χ1) is 6.77. The molecule has 1 aromatic rings. The third kappa shape index (κ3) is 2.02. The van der Waals surface area contributed by atoms with Gasteiger partial charge < -0.3 is 10.2 Å². The third-order valence-electron chi connectivity index (χ3n) is 2.77. The van der Waals surface area contributed by atoms with Crippen LogP contribution < -0.4 is 10.2 Å². The molecule has 0 unspecified atom stereocenters. The molecule has 1 aromatic carbocycles. The molecule has 0 aromatic heterocycles. The van der Waals surface area contributed by atoms with Gasteiger partial charge in [-0.05, 0) is 31.2 Å². The summed E-state index contributed by atoms with van der Waals surface area (Å²) in [5.41, 5.74) is 1.29. The van der Waals surface area contributed by atoms with Crippen LogP contribution in [-0.2, 0) is 0 Å². The van der Waals surface area contributed by atoms with Crippen molar-refractivity contribution >= 4 is 17.3 Å². The Hall–Kier alpha value is -0.730. The molecule has 0 saturated carbocycles. The fraction of sp³-hybridized carbons (Fsp3) is 0.455. The minimum Gasteiger partial charge on any atom is -0.358 e. The Morgan fingerprint density at radius 3 is 2.71 bits per heavy atom. The summed E-state index contributed by atoms with van der Waals surface area (Å²) in [5.74, 6) is 0. The number of piperazine rings is 1. The Bertz CT molecular complexity index is 297. The van der Waals surface area contributed by atoms with E-state index in [2.05, 4.69) is 29.3 Å². The van der Waals surface area contributed by atoms with E-state index in [-0.39, 0.29) is 0 Å². The molecule has 2 rings (SSSR count). The number of anilines is 1. The highest BCUT2D eigenvalue weighted by atomic mass is 35.5. The summed E-state index contributed by atoms with van der Waals surface area (Å²) < 4.78 is 0. The van der Waals surface area contributed by atoms with Crippen LogP contribution in [0.15, 0.2) is 24.3 Å². The van der Waals surface area contributed by atoms with Crippen LogP contribution in [0.3, 0.4) is 0 Å². The molecule has 1 aliphatic heterocycles. The lowest BCUT2D eigenvalue weighted by Gasteiger charge is -2.33. The van der Waals surface area contributed by atoms with Crippen molar-refractivity contribution in [1.82, 2.24) is 0 Å². The molecular formula is C11H16ClN2+. The van der Waals surface area contributed by atoms with E-state index in [4.69, 9.17) is 11.6 Å². The molecule has 0 amide bonds. The highest BCUT2D eigenvalue weighted by Crippen LogP contribution is 2.19. The second-order valence-electron chi connectivity index (χ2n) is 3.83. The van der Waals surface area contributed by atoms with Crippen LogP contribution in [0.1, 0.15) is 6.92 Å². The van der Waals surface area contributed by atoms with E-state index in [1.807, 2.05) is 12.1 Å². The van der Waals surface area contributed by atoms with Gasteiger partial charge in [0.25, 0.3) is 0 Å². The van der Waals surface area contributed by atoms with Gasteiger partial charge in [0.15, 0.2) is 0 Å². The van der Waals surface area contributed by atoms with Gasteiger partial charge in [-0.3, -0.25) is 0 Å². The molecule has 0 radical (unpaired) electrons. The molecule has 0 aliphatic carbocycles. The van der Waals surface area contributed by atoms with Crippen LogP contribution in [0.4, 0.5) is 5.69 Å². The average molecular weight is 212 g/mol. The van der Waals surface area contributed by atoms with Crippen LogP contribution in [0.25, 0.3) is 0 Å². The average Bonchev–Trinajstić information content (AvgIpc) is 2.20. The van der Waals surface area contributed by atoms with Gasteiger partial charge in [0.05, 0.1) is 25.7 Å². The SMILES string of the molecule is C[C@H]1C[NH2+]CCN1c1ccc(Cl)cc1. The summed E-state index contributed by atoms with van der Waals surface area (Å²) >= 11 is 5.86. The zero-order valence-electron chi connectivity index (χ0n) is 8.41. The van der Waals surface area contributed by atoms with Crippen molar-refractivity contribution in [3.8, 4) is 0 Å². The van der Waals surface area contributed by atoms with Crippen molar-refractivity contribution in [3.05, 3.63) is 29.3 Å². The standard InChI is InChI=1S/C11H15ClN2/c1-9-8-13-6-7-14(9)11-4-2-10(12)3-5-11/h2-5,9,13H,6-8H2,1H3/p+1/t9-/m0/s1. The van der Waals surface area contributed by atoms with Crippen molar-refractivity contribution < 1.29 is 5.32 Å². The quantitative estimate of drug-likeness (QED) is 0.738. The molecule has 0 bridgehead atoms. The zero-order chi connectivity index (χ0) is 9.97. The van der Waals surface area contributed by atoms with E-state index >= 15 is 0 Å². The zero-order valence-corrected chi connectivity index (χ0v) is 9.17. The molecule has 1 aliphatic rings. The van der Waals surface area contributed by atoms with Gasteiger partial charge in [0.1, 0.15) is 0 Å². The van der Waals surface area contributed by atoms with Gasteiger partial charge in [-0.25, -0.2) is 0 Å². The number of hydrogen-bond acceptors (Lipinski definition) is 1. The second-order valence-corrected chi connectivity index (χ2v) is 4.27. The smallest absolute Gasteiger partial charge is 0.0959 e. The van der Waals surface area contributed by atoms with Gasteiger partial charge in [-0.1, -0.05) is 11.6 Å². The number of hydrogen-bond donors (Lipinski definition) is 1. The first-order valence-electron chi connectivity index (χ1n) is 5.11. The highest BCUT2D eigenvalue weighted by molar-refractivity contribution is 6.30. The first kappa shape index (κ1) is 9.81. The normalized spacial score (nSPS) is 22.4. The largest absolute Gasteiger partial charge is 0.358 e. The summed E-state index contributed by atoms with van der Waals surface area (Å²) in [6.45, 7) is 5.77. The van der Waals surface area contributed by atoms with Crippen LogP contribution in [-0.4, -0.2) is 25.7 Å². The van der Waals surface area contributed by atoms with Crippen molar-refractivity contribution in [2.75, 3.05) is 24.5 Å². The minimum atomic E-state index is 0.616. The summed E-state index contributed by atoms with van der Waals surface area (Å²) in [4.78, 5) is 2.44. The van der Waals surface area contributed by atoms with E-state index < -0.39 is 0 Å². The fourth-order valence-electron chi connectivity index (χ4n) is 1.95. The lowest BCUT2D eigenvalue weighted by Crippen LogP contribution is -2.91. The topological polar surface area (TPSA) is 19.9 Å². The molecule has 14 heavy (non-hydrogen) atoms. The first-order valence-corrected chi connectivity index (χ1v) is 5.49. The van der Waals surface area contributed by atoms with Gasteiger partial charge in [0.2, 0.25) is 0 Å². The van der Waals surface area contributed by atoms with E-state index in [9.17, 15) is 0 Å². The van der Waals surface area contributed by atoms with Crippen LogP contribution in [0, 0.1) is 0 Å². The Balaban J connectivity index is 2.16. The van der Waals surface area contributed by atoms with Crippen molar-refractivity contribution in [2.24, 2.45) is 0 Å². The number of halogens is 1. The number of nitrogens with two attached hydrogens (primary N) is 1. The summed E-state index contributed by atoms with van der Waals surface area (Å²) in [7, 11) is 0. The lowest BCUT2D eigenvalue weighted by molar-refractivity contribution is -0.659. The summed E-state index contributed by atoms with van der Waals surface area (Å²) in [6.07, 6.45) is 0. The van der Waals surface area contributed by atoms with Crippen molar-refractivity contribution in [3.63, 3.8) is 0 Å². The summed E-state index contributed by atoms with van der Waals surface area (Å²) in [5, 5.41) is 3.18. The molecule has 1 atom stereocenters. The lowest BCUT2D eigenvalue weighted by atomic mass is 10.2. The maximum atomic E-state index is 5.86. The second kappa shape index (κ2) is 4.20. The van der Waals surface area contributed by atoms with E-state index in [1.165, 1.54) is 18.8 Å². The van der Waals surface area contributed by atoms with Crippen LogP contribution in [0.5, 0.6) is 0 Å². The molecule has 1 saturated heterocycles. The Kier molecular flexibility index (Phi) is 2.94. The number of nitrogens with zero attached hydrogens (tertiary/aromatic N) is 1. The molecule has 1 fully saturated rings. The predicted octanol–water partition coefficient (Wildman–Crippen LogP) is 1.11. The van der Waals surface area contributed by atoms with E-state index in [1.54, 1.807) is 0 Å². The van der Waals surface area contributed by atoms with E-state index in [0.29, 0.717) is 6.04 Å². The molecule has 2 N–H and O–H groups in total. The van der Waals surface area contributed by atoms with Gasteiger partial charge in [0, 0.05) is 10.7 Å². The molecule has 1 heterocycles. The van der Waals surface area contributed by atoms with Gasteiger partial charge >= 0.3 is 0 Å². The number of quaternary nitrogens is 1. The monoisotopic (exact) mass is 211 g/mol. The van der Waals surface area contributed by atoms with Crippen LogP contribution >= 0.6 is 11.6 Å². The van der Waals surface area contributed by atoms with Crippen molar-refractivity contribution in [1.29, 1.82) is 0 Å². The fourth-order valence-corrected chi connectivity index (χ4v) is 2.08. The number of benzene rings is 1.